The Morgan fingerprint density at radius 1 is 1.22 bits per heavy atom. The third kappa shape index (κ3) is 4.28. The number of likely N-dealkylation sites (tertiary alicyclic amines) is 1. The quantitative estimate of drug-likeness (QED) is 0.828. The molecule has 2 amide bonds. The lowest BCUT2D eigenvalue weighted by atomic mass is 10.0. The van der Waals surface area contributed by atoms with Crippen LogP contribution < -0.4 is 14.8 Å². The zero-order chi connectivity index (χ0) is 16.8. The van der Waals surface area contributed by atoms with Crippen LogP contribution in [0, 0.1) is 0 Å². The summed E-state index contributed by atoms with van der Waals surface area (Å²) in [5, 5.41) is 3.00. The smallest absolute Gasteiger partial charge is 0.251 e. The van der Waals surface area contributed by atoms with Gasteiger partial charge in [-0.2, -0.15) is 0 Å². The summed E-state index contributed by atoms with van der Waals surface area (Å²) in [5.74, 6) is 0.881. The van der Waals surface area contributed by atoms with Crippen LogP contribution in [0.5, 0.6) is 11.5 Å². The summed E-state index contributed by atoms with van der Waals surface area (Å²) in [6.07, 6.45) is 1.45. The molecule has 7 heteroatoms. The van der Waals surface area contributed by atoms with Crippen molar-refractivity contribution in [1.82, 2.24) is 10.2 Å². The molecule has 0 aromatic heterocycles. The minimum absolute atomic E-state index is 0.00265. The second kappa shape index (κ2) is 8.06. The molecule has 2 rings (SSSR count). The number of methoxy groups -OCH3 is 2. The Morgan fingerprint density at radius 2 is 1.87 bits per heavy atom. The Hall–Kier alpha value is -1.95. The average Bonchev–Trinajstić information content (AvgIpc) is 2.60. The molecule has 0 aliphatic carbocycles. The molecule has 0 saturated carbocycles. The SMILES string of the molecule is COc1ccc(C(=O)NC2CCN(C(=O)CCl)CC2)cc1OC. The number of carbonyl (C=O) groups excluding carboxylic acids is 2. The van der Waals surface area contributed by atoms with Gasteiger partial charge in [0.25, 0.3) is 5.91 Å². The number of benzene rings is 1. The molecule has 1 saturated heterocycles. The number of hydrogen-bond donors (Lipinski definition) is 1. The molecular formula is C16H21ClN2O4. The van der Waals surface area contributed by atoms with Gasteiger partial charge in [0.05, 0.1) is 14.2 Å². The molecule has 23 heavy (non-hydrogen) atoms. The summed E-state index contributed by atoms with van der Waals surface area (Å²) in [5.41, 5.74) is 0.516. The number of hydrogen-bond acceptors (Lipinski definition) is 4. The topological polar surface area (TPSA) is 67.9 Å². The van der Waals surface area contributed by atoms with Crippen molar-refractivity contribution in [2.45, 2.75) is 18.9 Å². The van der Waals surface area contributed by atoms with E-state index in [1.54, 1.807) is 30.2 Å². The van der Waals surface area contributed by atoms with E-state index < -0.39 is 0 Å². The summed E-state index contributed by atoms with van der Waals surface area (Å²) in [6, 6.07) is 5.11. The van der Waals surface area contributed by atoms with Crippen molar-refractivity contribution in [2.75, 3.05) is 33.2 Å². The first-order chi connectivity index (χ1) is 11.1. The molecule has 0 spiro atoms. The lowest BCUT2D eigenvalue weighted by Gasteiger charge is -2.32. The van der Waals surface area contributed by atoms with Crippen LogP contribution in [0.4, 0.5) is 0 Å². The number of nitrogens with one attached hydrogen (secondary N) is 1. The van der Waals surface area contributed by atoms with E-state index in [-0.39, 0.29) is 23.7 Å². The van der Waals surface area contributed by atoms with Gasteiger partial charge >= 0.3 is 0 Å². The molecule has 1 aliphatic heterocycles. The number of halogens is 1. The highest BCUT2D eigenvalue weighted by atomic mass is 35.5. The van der Waals surface area contributed by atoms with E-state index in [0.29, 0.717) is 30.2 Å². The van der Waals surface area contributed by atoms with Crippen LogP contribution in [0.15, 0.2) is 18.2 Å². The number of piperidine rings is 1. The Balaban J connectivity index is 1.94. The normalized spacial score (nSPS) is 15.2. The Kier molecular flexibility index (Phi) is 6.10. The fourth-order valence-corrected chi connectivity index (χ4v) is 2.77. The Morgan fingerprint density at radius 3 is 2.43 bits per heavy atom. The van der Waals surface area contributed by atoms with Crippen molar-refractivity contribution in [1.29, 1.82) is 0 Å². The largest absolute Gasteiger partial charge is 0.493 e. The zero-order valence-corrected chi connectivity index (χ0v) is 14.1. The van der Waals surface area contributed by atoms with Crippen molar-refractivity contribution in [3.8, 4) is 11.5 Å². The van der Waals surface area contributed by atoms with E-state index in [2.05, 4.69) is 5.32 Å². The Labute approximate surface area is 140 Å². The summed E-state index contributed by atoms with van der Waals surface area (Å²) in [6.45, 7) is 1.23. The predicted molar refractivity (Wildman–Crippen MR) is 87.3 cm³/mol. The molecule has 126 valence electrons. The number of rotatable bonds is 5. The molecular weight excluding hydrogens is 320 g/mol. The molecule has 1 aromatic rings. The highest BCUT2D eigenvalue weighted by molar-refractivity contribution is 6.27. The van der Waals surface area contributed by atoms with Gasteiger partial charge in [-0.05, 0) is 31.0 Å². The number of amides is 2. The maximum Gasteiger partial charge on any atom is 0.251 e. The third-order valence-corrected chi connectivity index (χ3v) is 4.17. The van der Waals surface area contributed by atoms with Crippen molar-refractivity contribution in [3.05, 3.63) is 23.8 Å². The van der Waals surface area contributed by atoms with Gasteiger partial charge in [-0.3, -0.25) is 9.59 Å². The highest BCUT2D eigenvalue weighted by Crippen LogP contribution is 2.27. The average molecular weight is 341 g/mol. The standard InChI is InChI=1S/C16H21ClN2O4/c1-22-13-4-3-11(9-14(13)23-2)16(21)18-12-5-7-19(8-6-12)15(20)10-17/h3-4,9,12H,5-8,10H2,1-2H3,(H,18,21). The van der Waals surface area contributed by atoms with Crippen LogP contribution in [-0.2, 0) is 4.79 Å². The van der Waals surface area contributed by atoms with Gasteiger partial charge in [0, 0.05) is 24.7 Å². The van der Waals surface area contributed by atoms with E-state index in [9.17, 15) is 9.59 Å². The predicted octanol–water partition coefficient (Wildman–Crippen LogP) is 1.66. The van der Waals surface area contributed by atoms with E-state index in [1.165, 1.54) is 7.11 Å². The molecule has 6 nitrogen and oxygen atoms in total. The number of nitrogens with zero attached hydrogens (tertiary/aromatic N) is 1. The third-order valence-electron chi connectivity index (χ3n) is 3.94. The maximum atomic E-state index is 12.3. The summed E-state index contributed by atoms with van der Waals surface area (Å²) >= 11 is 5.56. The summed E-state index contributed by atoms with van der Waals surface area (Å²) in [4.78, 5) is 25.6. The maximum absolute atomic E-state index is 12.3. The molecule has 1 aromatic carbocycles. The van der Waals surface area contributed by atoms with Crippen molar-refractivity contribution >= 4 is 23.4 Å². The van der Waals surface area contributed by atoms with Gasteiger partial charge in [-0.1, -0.05) is 0 Å². The van der Waals surface area contributed by atoms with Crippen LogP contribution in [0.1, 0.15) is 23.2 Å². The molecule has 1 fully saturated rings. The van der Waals surface area contributed by atoms with Gasteiger partial charge in [-0.15, -0.1) is 11.6 Å². The second-order valence-electron chi connectivity index (χ2n) is 5.33. The van der Waals surface area contributed by atoms with Crippen LogP contribution in [-0.4, -0.2) is 55.9 Å². The first kappa shape index (κ1) is 17.4. The van der Waals surface area contributed by atoms with E-state index in [1.807, 2.05) is 0 Å². The van der Waals surface area contributed by atoms with Crippen LogP contribution >= 0.6 is 11.6 Å². The van der Waals surface area contributed by atoms with Crippen molar-refractivity contribution in [2.24, 2.45) is 0 Å². The first-order valence-corrected chi connectivity index (χ1v) is 7.99. The van der Waals surface area contributed by atoms with Gasteiger partial charge in [-0.25, -0.2) is 0 Å². The molecule has 1 heterocycles. The van der Waals surface area contributed by atoms with Gasteiger partial charge in [0.15, 0.2) is 11.5 Å². The molecule has 1 N–H and O–H groups in total. The van der Waals surface area contributed by atoms with Crippen molar-refractivity contribution in [3.63, 3.8) is 0 Å². The van der Waals surface area contributed by atoms with Crippen LogP contribution in [0.25, 0.3) is 0 Å². The lowest BCUT2D eigenvalue weighted by Crippen LogP contribution is -2.46. The molecule has 0 bridgehead atoms. The summed E-state index contributed by atoms with van der Waals surface area (Å²) in [7, 11) is 3.08. The lowest BCUT2D eigenvalue weighted by molar-refractivity contribution is -0.129. The first-order valence-electron chi connectivity index (χ1n) is 7.45. The Bertz CT molecular complexity index is 571. The van der Waals surface area contributed by atoms with Gasteiger partial charge in [0.2, 0.25) is 5.91 Å². The minimum Gasteiger partial charge on any atom is -0.493 e. The monoisotopic (exact) mass is 340 g/mol. The molecule has 0 atom stereocenters. The highest BCUT2D eigenvalue weighted by Gasteiger charge is 2.23. The second-order valence-corrected chi connectivity index (χ2v) is 5.60. The van der Waals surface area contributed by atoms with E-state index >= 15 is 0 Å². The number of alkyl halides is 1. The van der Waals surface area contributed by atoms with Crippen molar-refractivity contribution < 1.29 is 19.1 Å². The fraction of sp³-hybridized carbons (Fsp3) is 0.500. The van der Waals surface area contributed by atoms with E-state index in [4.69, 9.17) is 21.1 Å². The molecule has 0 radical (unpaired) electrons. The molecule has 1 aliphatic rings. The summed E-state index contributed by atoms with van der Waals surface area (Å²) < 4.78 is 10.4. The minimum atomic E-state index is -0.159. The molecule has 0 unspecified atom stereocenters. The van der Waals surface area contributed by atoms with Gasteiger partial charge in [0.1, 0.15) is 5.88 Å². The fourth-order valence-electron chi connectivity index (χ4n) is 2.60. The van der Waals surface area contributed by atoms with Crippen LogP contribution in [0.2, 0.25) is 0 Å². The number of carbonyl (C=O) groups is 2. The number of ether oxygens (including phenoxy) is 2. The van der Waals surface area contributed by atoms with Crippen LogP contribution in [0.3, 0.4) is 0 Å². The van der Waals surface area contributed by atoms with E-state index in [0.717, 1.165) is 12.8 Å². The van der Waals surface area contributed by atoms with Gasteiger partial charge < -0.3 is 19.7 Å². The zero-order valence-electron chi connectivity index (χ0n) is 13.3.